The van der Waals surface area contributed by atoms with Crippen LogP contribution in [0.15, 0.2) is 0 Å². The molecule has 0 fully saturated rings. The fraction of sp³-hybridized carbons (Fsp3) is 1.00. The Morgan fingerprint density at radius 3 is 1.86 bits per heavy atom. The summed E-state index contributed by atoms with van der Waals surface area (Å²) in [5.41, 5.74) is 0. The Morgan fingerprint density at radius 1 is 0.909 bits per heavy atom. The lowest BCUT2D eigenvalue weighted by Gasteiger charge is -2.28. The molecule has 0 aromatic heterocycles. The maximum atomic E-state index is 13.0. The lowest BCUT2D eigenvalue weighted by Crippen LogP contribution is -2.54. The van der Waals surface area contributed by atoms with Gasteiger partial charge >= 0.3 is 25.8 Å². The van der Waals surface area contributed by atoms with Crippen molar-refractivity contribution >= 4 is 7.82 Å². The highest BCUT2D eigenvalue weighted by Gasteiger charge is 2.73. The third-order valence-corrected chi connectivity index (χ3v) is 3.77. The zero-order valence-electron chi connectivity index (χ0n) is 11.8. The molecule has 0 saturated carbocycles. The van der Waals surface area contributed by atoms with Crippen LogP contribution in [0.3, 0.4) is 0 Å². The lowest BCUT2D eigenvalue weighted by molar-refractivity contribution is -0.358. The second-order valence-corrected chi connectivity index (χ2v) is 5.77. The van der Waals surface area contributed by atoms with Crippen LogP contribution in [0.5, 0.6) is 0 Å². The maximum Gasteiger partial charge on any atom is 0.474 e. The van der Waals surface area contributed by atoms with Crippen molar-refractivity contribution in [2.75, 3.05) is 19.8 Å². The number of phosphoric ester groups is 1. The van der Waals surface area contributed by atoms with E-state index >= 15 is 0 Å². The molecular formula is C10H16F7O4P. The van der Waals surface area contributed by atoms with E-state index in [0.29, 0.717) is 12.8 Å². The molecule has 0 aliphatic carbocycles. The first-order valence-electron chi connectivity index (χ1n) is 6.19. The molecule has 12 heteroatoms. The van der Waals surface area contributed by atoms with Crippen LogP contribution in [0.2, 0.25) is 0 Å². The third-order valence-electron chi connectivity index (χ3n) is 2.25. The molecule has 0 aromatic carbocycles. The molecule has 1 atom stereocenters. The Morgan fingerprint density at radius 2 is 1.45 bits per heavy atom. The molecule has 134 valence electrons. The van der Waals surface area contributed by atoms with E-state index in [4.69, 9.17) is 0 Å². The number of unbranched alkanes of at least 4 members (excludes halogenated alkanes) is 1. The van der Waals surface area contributed by atoms with Gasteiger partial charge in [0, 0.05) is 0 Å². The van der Waals surface area contributed by atoms with Gasteiger partial charge in [0.1, 0.15) is 6.61 Å². The van der Waals surface area contributed by atoms with Crippen LogP contribution in [0.1, 0.15) is 26.7 Å². The third kappa shape index (κ3) is 5.68. The molecule has 1 unspecified atom stereocenters. The van der Waals surface area contributed by atoms with Gasteiger partial charge in [0.2, 0.25) is 0 Å². The van der Waals surface area contributed by atoms with Crippen molar-refractivity contribution in [3.63, 3.8) is 0 Å². The summed E-state index contributed by atoms with van der Waals surface area (Å²) in [6.07, 6.45) is -5.59. The highest BCUT2D eigenvalue weighted by atomic mass is 31.2. The summed E-state index contributed by atoms with van der Waals surface area (Å²) in [6, 6.07) is 0. The molecule has 0 rings (SSSR count). The number of alkyl halides is 7. The monoisotopic (exact) mass is 364 g/mol. The molecule has 0 aliphatic heterocycles. The average Bonchev–Trinajstić information content (AvgIpc) is 2.36. The predicted molar refractivity (Wildman–Crippen MR) is 62.0 cm³/mol. The van der Waals surface area contributed by atoms with Gasteiger partial charge in [-0.1, -0.05) is 13.3 Å². The fourth-order valence-corrected chi connectivity index (χ4v) is 2.26. The van der Waals surface area contributed by atoms with Crippen molar-refractivity contribution in [1.82, 2.24) is 0 Å². The zero-order chi connectivity index (χ0) is 17.7. The smallest absolute Gasteiger partial charge is 0.287 e. The first-order chi connectivity index (χ1) is 9.83. The van der Waals surface area contributed by atoms with Crippen molar-refractivity contribution < 1.29 is 48.9 Å². The van der Waals surface area contributed by atoms with Gasteiger partial charge in [-0.3, -0.25) is 13.6 Å². The summed E-state index contributed by atoms with van der Waals surface area (Å²) >= 11 is 0. The van der Waals surface area contributed by atoms with Gasteiger partial charge < -0.3 is 0 Å². The van der Waals surface area contributed by atoms with Gasteiger partial charge in [-0.15, -0.1) is 0 Å². The first kappa shape index (κ1) is 21.6. The Labute approximate surface area is 122 Å². The van der Waals surface area contributed by atoms with E-state index < -0.39 is 32.5 Å². The normalized spacial score (nSPS) is 16.6. The quantitative estimate of drug-likeness (QED) is 0.317. The van der Waals surface area contributed by atoms with Crippen molar-refractivity contribution in [3.05, 3.63) is 0 Å². The van der Waals surface area contributed by atoms with E-state index in [0.717, 1.165) is 0 Å². The number of hydrogen-bond donors (Lipinski definition) is 0. The number of hydrogen-bond acceptors (Lipinski definition) is 4. The Hall–Kier alpha value is -0.380. The molecule has 0 N–H and O–H groups in total. The SMILES string of the molecule is CCCCOP(=O)(OCC)OCC(F)(F)C(F)(F)C(F)(F)F. The Balaban J connectivity index is 4.93. The van der Waals surface area contributed by atoms with Crippen LogP contribution in [0.25, 0.3) is 0 Å². The molecule has 0 saturated heterocycles. The van der Waals surface area contributed by atoms with Crippen molar-refractivity contribution in [2.45, 2.75) is 44.7 Å². The van der Waals surface area contributed by atoms with Gasteiger partial charge in [-0.25, -0.2) is 4.57 Å². The van der Waals surface area contributed by atoms with Crippen molar-refractivity contribution in [1.29, 1.82) is 0 Å². The van der Waals surface area contributed by atoms with Crippen LogP contribution in [0.4, 0.5) is 30.7 Å². The number of rotatable bonds is 10. The topological polar surface area (TPSA) is 44.8 Å². The molecule has 0 radical (unpaired) electrons. The van der Waals surface area contributed by atoms with Crippen molar-refractivity contribution in [2.24, 2.45) is 0 Å². The van der Waals surface area contributed by atoms with Crippen molar-refractivity contribution in [3.8, 4) is 0 Å². The van der Waals surface area contributed by atoms with Gasteiger partial charge in [0.25, 0.3) is 0 Å². The first-order valence-corrected chi connectivity index (χ1v) is 7.65. The van der Waals surface area contributed by atoms with E-state index in [1.807, 2.05) is 0 Å². The summed E-state index contributed by atoms with van der Waals surface area (Å²) in [5, 5.41) is 0. The van der Waals surface area contributed by atoms with Crippen LogP contribution in [-0.4, -0.2) is 37.8 Å². The molecule has 0 aromatic rings. The molecule has 0 aliphatic rings. The van der Waals surface area contributed by atoms with Crippen LogP contribution >= 0.6 is 7.82 Å². The predicted octanol–water partition coefficient (Wildman–Crippen LogP) is 4.80. The number of phosphoric acid groups is 1. The van der Waals surface area contributed by atoms with Gasteiger partial charge in [0.15, 0.2) is 0 Å². The van der Waals surface area contributed by atoms with E-state index in [9.17, 15) is 35.3 Å². The van der Waals surface area contributed by atoms with Crippen LogP contribution < -0.4 is 0 Å². The van der Waals surface area contributed by atoms with E-state index in [2.05, 4.69) is 13.6 Å². The standard InChI is InChI=1S/C10H16F7O4P/c1-3-5-6-20-22(18,19-4-2)21-7-8(11,12)9(13,14)10(15,16)17/h3-7H2,1-2H3. The molecule has 0 heterocycles. The van der Waals surface area contributed by atoms with Crippen LogP contribution in [-0.2, 0) is 18.1 Å². The highest BCUT2D eigenvalue weighted by molar-refractivity contribution is 7.48. The summed E-state index contributed by atoms with van der Waals surface area (Å²) in [7, 11) is -4.65. The largest absolute Gasteiger partial charge is 0.474 e. The highest BCUT2D eigenvalue weighted by Crippen LogP contribution is 2.53. The molecule has 0 bridgehead atoms. The van der Waals surface area contributed by atoms with Gasteiger partial charge in [-0.2, -0.15) is 30.7 Å². The Kier molecular flexibility index (Phi) is 7.80. The summed E-state index contributed by atoms with van der Waals surface area (Å²) in [6.45, 7) is -0.0714. The van der Waals surface area contributed by atoms with Gasteiger partial charge in [0.05, 0.1) is 13.2 Å². The second kappa shape index (κ2) is 7.94. The van der Waals surface area contributed by atoms with E-state index in [-0.39, 0.29) is 13.2 Å². The van der Waals surface area contributed by atoms with E-state index in [1.54, 1.807) is 6.92 Å². The zero-order valence-corrected chi connectivity index (χ0v) is 12.7. The van der Waals surface area contributed by atoms with Crippen LogP contribution in [0, 0.1) is 0 Å². The van der Waals surface area contributed by atoms with E-state index in [1.165, 1.54) is 6.92 Å². The summed E-state index contributed by atoms with van der Waals surface area (Å²) in [4.78, 5) is 0. The lowest BCUT2D eigenvalue weighted by atomic mass is 10.2. The molecule has 4 nitrogen and oxygen atoms in total. The molecular weight excluding hydrogens is 348 g/mol. The molecule has 0 amide bonds. The molecule has 22 heavy (non-hydrogen) atoms. The summed E-state index contributed by atoms with van der Waals surface area (Å²) in [5.74, 6) is -12.0. The van der Waals surface area contributed by atoms with Gasteiger partial charge in [-0.05, 0) is 13.3 Å². The maximum absolute atomic E-state index is 13.0. The Bertz CT molecular complexity index is 386. The minimum Gasteiger partial charge on any atom is -0.287 e. The molecule has 0 spiro atoms. The average molecular weight is 364 g/mol. The second-order valence-electron chi connectivity index (χ2n) is 4.10. The number of halogens is 7. The minimum absolute atomic E-state index is 0.255. The summed E-state index contributed by atoms with van der Waals surface area (Å²) < 4.78 is 112. The fourth-order valence-electron chi connectivity index (χ4n) is 1.05. The minimum atomic E-state index is -6.49.